The molecule has 0 aliphatic rings. The third kappa shape index (κ3) is 5.04. The summed E-state index contributed by atoms with van der Waals surface area (Å²) in [7, 11) is 0. The highest BCUT2D eigenvalue weighted by atomic mass is 32.1. The van der Waals surface area contributed by atoms with E-state index in [1.807, 2.05) is 37.3 Å². The zero-order valence-corrected chi connectivity index (χ0v) is 12.9. The van der Waals surface area contributed by atoms with Crippen molar-refractivity contribution < 1.29 is 13.6 Å². The Hall–Kier alpha value is -2.08. The molecule has 0 atom stereocenters. The Morgan fingerprint density at radius 1 is 1.36 bits per heavy atom. The van der Waals surface area contributed by atoms with Crippen LogP contribution in [0.15, 0.2) is 42.6 Å². The first kappa shape index (κ1) is 16.3. The lowest BCUT2D eigenvalue weighted by Gasteiger charge is -2.20. The number of nitrogens with zero attached hydrogens (tertiary/aromatic N) is 2. The highest BCUT2D eigenvalue weighted by Gasteiger charge is 2.16. The number of aryl methyl sites for hydroxylation is 1. The Kier molecular flexibility index (Phi) is 5.77. The molecule has 2 rings (SSSR count). The summed E-state index contributed by atoms with van der Waals surface area (Å²) in [5.74, 6) is -0.435. The van der Waals surface area contributed by atoms with Gasteiger partial charge in [-0.05, 0) is 18.6 Å². The molecule has 0 saturated carbocycles. The van der Waals surface area contributed by atoms with E-state index in [4.69, 9.17) is 0 Å². The van der Waals surface area contributed by atoms with E-state index in [2.05, 4.69) is 4.98 Å². The summed E-state index contributed by atoms with van der Waals surface area (Å²) in [6, 6.07) is 9.09. The van der Waals surface area contributed by atoms with E-state index in [1.54, 1.807) is 12.3 Å². The largest absolute Gasteiger partial charge is 0.329 e. The number of benzene rings is 1. The number of aromatic nitrogens is 1. The maximum atomic E-state index is 12.7. The van der Waals surface area contributed by atoms with E-state index in [0.29, 0.717) is 0 Å². The second-order valence-electron chi connectivity index (χ2n) is 4.71. The normalized spacial score (nSPS) is 11.3. The number of carbonyl (C=O) groups is 1. The second-order valence-corrected chi connectivity index (χ2v) is 5.98. The minimum atomic E-state index is -2.56. The van der Waals surface area contributed by atoms with Gasteiger partial charge < -0.3 is 4.90 Å². The van der Waals surface area contributed by atoms with Crippen molar-refractivity contribution in [2.24, 2.45) is 0 Å². The summed E-state index contributed by atoms with van der Waals surface area (Å²) in [6.07, 6.45) is 2.01. The Labute approximate surface area is 131 Å². The van der Waals surface area contributed by atoms with Crippen molar-refractivity contribution in [3.05, 3.63) is 58.1 Å². The summed E-state index contributed by atoms with van der Waals surface area (Å²) < 4.78 is 25.4. The van der Waals surface area contributed by atoms with Crippen molar-refractivity contribution in [3.8, 4) is 0 Å². The van der Waals surface area contributed by atoms with Gasteiger partial charge in [0.05, 0.1) is 11.6 Å². The standard InChI is InChI=1S/C16H16F2N2OS/c1-12-19-9-14(22-12)7-8-16(21)20(11-15(17)18)10-13-5-3-2-4-6-13/h2-9,15H,10-11H2,1H3/b8-7+. The average molecular weight is 322 g/mol. The smallest absolute Gasteiger partial charge is 0.255 e. The molecule has 1 heterocycles. The predicted octanol–water partition coefficient (Wildman–Crippen LogP) is 3.76. The first-order chi connectivity index (χ1) is 10.5. The fourth-order valence-electron chi connectivity index (χ4n) is 1.92. The Morgan fingerprint density at radius 2 is 2.09 bits per heavy atom. The molecule has 22 heavy (non-hydrogen) atoms. The van der Waals surface area contributed by atoms with Gasteiger partial charge in [-0.3, -0.25) is 4.79 Å². The van der Waals surface area contributed by atoms with Crippen LogP contribution < -0.4 is 0 Å². The number of rotatable bonds is 6. The van der Waals surface area contributed by atoms with Gasteiger partial charge in [0.1, 0.15) is 0 Å². The molecule has 6 heteroatoms. The van der Waals surface area contributed by atoms with Gasteiger partial charge >= 0.3 is 0 Å². The molecule has 0 spiro atoms. The molecule has 0 N–H and O–H groups in total. The summed E-state index contributed by atoms with van der Waals surface area (Å²) >= 11 is 1.44. The van der Waals surface area contributed by atoms with Crippen molar-refractivity contribution >= 4 is 23.3 Å². The number of alkyl halides is 2. The Balaban J connectivity index is 2.07. The molecule has 0 aliphatic heterocycles. The van der Waals surface area contributed by atoms with Crippen LogP contribution in [0.3, 0.4) is 0 Å². The van der Waals surface area contributed by atoms with Gasteiger partial charge in [0.2, 0.25) is 5.91 Å². The molecule has 116 valence electrons. The number of thiazole rings is 1. The van der Waals surface area contributed by atoms with Crippen molar-refractivity contribution in [2.75, 3.05) is 6.54 Å². The Bertz CT molecular complexity index is 641. The summed E-state index contributed by atoms with van der Waals surface area (Å²) in [4.78, 5) is 18.2. The average Bonchev–Trinajstić information content (AvgIpc) is 2.90. The fourth-order valence-corrected chi connectivity index (χ4v) is 2.60. The molecule has 2 aromatic rings. The first-order valence-corrected chi connectivity index (χ1v) is 7.58. The number of amides is 1. The van der Waals surface area contributed by atoms with Gasteiger partial charge in [0.25, 0.3) is 6.43 Å². The summed E-state index contributed by atoms with van der Waals surface area (Å²) in [5, 5.41) is 0.890. The molecule has 3 nitrogen and oxygen atoms in total. The molecule has 0 bridgehead atoms. The van der Waals surface area contributed by atoms with Crippen LogP contribution in [-0.2, 0) is 11.3 Å². The highest BCUT2D eigenvalue weighted by Crippen LogP contribution is 2.14. The van der Waals surface area contributed by atoms with Crippen molar-refractivity contribution in [1.29, 1.82) is 0 Å². The van der Waals surface area contributed by atoms with E-state index in [1.165, 1.54) is 17.4 Å². The fraction of sp³-hybridized carbons (Fsp3) is 0.250. The molecule has 1 aromatic heterocycles. The van der Waals surface area contributed by atoms with E-state index in [9.17, 15) is 13.6 Å². The van der Waals surface area contributed by atoms with Crippen LogP contribution in [0.1, 0.15) is 15.4 Å². The third-order valence-electron chi connectivity index (χ3n) is 2.92. The lowest BCUT2D eigenvalue weighted by molar-refractivity contribution is -0.128. The topological polar surface area (TPSA) is 33.2 Å². The highest BCUT2D eigenvalue weighted by molar-refractivity contribution is 7.12. The molecule has 1 amide bonds. The van der Waals surface area contributed by atoms with Crippen molar-refractivity contribution in [3.63, 3.8) is 0 Å². The number of carbonyl (C=O) groups excluding carboxylic acids is 1. The van der Waals surface area contributed by atoms with Gasteiger partial charge in [-0.15, -0.1) is 11.3 Å². The van der Waals surface area contributed by atoms with Crippen LogP contribution in [-0.4, -0.2) is 28.8 Å². The molecule has 0 unspecified atom stereocenters. The predicted molar refractivity (Wildman–Crippen MR) is 83.7 cm³/mol. The van der Waals surface area contributed by atoms with Crippen LogP contribution in [0.4, 0.5) is 8.78 Å². The van der Waals surface area contributed by atoms with Crippen LogP contribution in [0.5, 0.6) is 0 Å². The molecule has 0 fully saturated rings. The Morgan fingerprint density at radius 3 is 2.68 bits per heavy atom. The van der Waals surface area contributed by atoms with Gasteiger partial charge in [0, 0.05) is 23.7 Å². The van der Waals surface area contributed by atoms with Gasteiger partial charge in [-0.25, -0.2) is 13.8 Å². The van der Waals surface area contributed by atoms with Gasteiger partial charge in [-0.2, -0.15) is 0 Å². The number of hydrogen-bond acceptors (Lipinski definition) is 3. The molecule has 0 aliphatic carbocycles. The summed E-state index contributed by atoms with van der Waals surface area (Å²) in [6.45, 7) is 1.44. The molecular weight excluding hydrogens is 306 g/mol. The molecule has 1 aromatic carbocycles. The van der Waals surface area contributed by atoms with Gasteiger partial charge in [-0.1, -0.05) is 30.3 Å². The maximum Gasteiger partial charge on any atom is 0.255 e. The van der Waals surface area contributed by atoms with Crippen LogP contribution in [0.2, 0.25) is 0 Å². The van der Waals surface area contributed by atoms with Crippen molar-refractivity contribution in [2.45, 2.75) is 19.9 Å². The quantitative estimate of drug-likeness (QED) is 0.759. The number of hydrogen-bond donors (Lipinski definition) is 0. The zero-order chi connectivity index (χ0) is 15.9. The second kappa shape index (κ2) is 7.79. The summed E-state index contributed by atoms with van der Waals surface area (Å²) in [5.41, 5.74) is 0.818. The van der Waals surface area contributed by atoms with E-state index in [-0.39, 0.29) is 6.54 Å². The maximum absolute atomic E-state index is 12.7. The lowest BCUT2D eigenvalue weighted by Crippen LogP contribution is -2.33. The monoisotopic (exact) mass is 322 g/mol. The minimum absolute atomic E-state index is 0.163. The van der Waals surface area contributed by atoms with Crippen molar-refractivity contribution in [1.82, 2.24) is 9.88 Å². The lowest BCUT2D eigenvalue weighted by atomic mass is 10.2. The van der Waals surface area contributed by atoms with E-state index in [0.717, 1.165) is 20.3 Å². The molecule has 0 saturated heterocycles. The van der Waals surface area contributed by atoms with Crippen LogP contribution in [0.25, 0.3) is 6.08 Å². The van der Waals surface area contributed by atoms with Crippen LogP contribution >= 0.6 is 11.3 Å². The third-order valence-corrected chi connectivity index (χ3v) is 3.79. The van der Waals surface area contributed by atoms with Gasteiger partial charge in [0.15, 0.2) is 0 Å². The molecular formula is C16H16F2N2OS. The van der Waals surface area contributed by atoms with Crippen LogP contribution in [0, 0.1) is 6.92 Å². The SMILES string of the molecule is Cc1ncc(/C=C/C(=O)N(Cc2ccccc2)CC(F)F)s1. The van der Waals surface area contributed by atoms with E-state index < -0.39 is 18.9 Å². The first-order valence-electron chi connectivity index (χ1n) is 6.76. The van der Waals surface area contributed by atoms with E-state index >= 15 is 0 Å². The molecule has 0 radical (unpaired) electrons. The number of halogens is 2. The zero-order valence-electron chi connectivity index (χ0n) is 12.1. The minimum Gasteiger partial charge on any atom is -0.329 e.